The highest BCUT2D eigenvalue weighted by Gasteiger charge is 2.36. The van der Waals surface area contributed by atoms with E-state index in [2.05, 4.69) is 17.2 Å². The molecule has 1 fully saturated rings. The molecule has 0 aromatic carbocycles. The maximum Gasteiger partial charge on any atom is 0.522 e. The lowest BCUT2D eigenvalue weighted by molar-refractivity contribution is -0.144. The van der Waals surface area contributed by atoms with Crippen LogP contribution >= 0.6 is 0 Å². The van der Waals surface area contributed by atoms with Crippen molar-refractivity contribution in [3.63, 3.8) is 0 Å². The number of allylic oxidation sites excluding steroid dienone is 2. The van der Waals surface area contributed by atoms with Crippen LogP contribution in [0.4, 0.5) is 0 Å². The highest BCUT2D eigenvalue weighted by atomic mass is 16.5. The van der Waals surface area contributed by atoms with Crippen molar-refractivity contribution in [1.29, 1.82) is 0 Å². The van der Waals surface area contributed by atoms with Gasteiger partial charge >= 0.3 is 13.1 Å². The Balaban J connectivity index is 1.61. The molecule has 1 amide bonds. The topological polar surface area (TPSA) is 120 Å². The van der Waals surface area contributed by atoms with Crippen molar-refractivity contribution < 1.29 is 29.1 Å². The van der Waals surface area contributed by atoms with Crippen LogP contribution in [0.25, 0.3) is 0 Å². The van der Waals surface area contributed by atoms with Gasteiger partial charge in [-0.3, -0.25) is 4.79 Å². The Labute approximate surface area is 150 Å². The lowest BCUT2D eigenvalue weighted by atomic mass is 9.78. The van der Waals surface area contributed by atoms with Gasteiger partial charge in [0.1, 0.15) is 23.7 Å². The lowest BCUT2D eigenvalue weighted by Gasteiger charge is -2.39. The second kappa shape index (κ2) is 7.57. The number of ether oxygens (including phenoxy) is 1. The molecule has 26 heavy (non-hydrogen) atoms. The molecule has 0 spiro atoms. The van der Waals surface area contributed by atoms with Crippen molar-refractivity contribution in [3.05, 3.63) is 48.2 Å². The molecule has 3 heterocycles. The van der Waals surface area contributed by atoms with Crippen LogP contribution in [0.3, 0.4) is 0 Å². The number of rotatable bonds is 6. The second-order valence-electron chi connectivity index (χ2n) is 6.11. The van der Waals surface area contributed by atoms with Crippen LogP contribution in [0.5, 0.6) is 0 Å². The fourth-order valence-electron chi connectivity index (χ4n) is 2.83. The molecule has 9 nitrogen and oxygen atoms in total. The first-order valence-electron chi connectivity index (χ1n) is 8.25. The van der Waals surface area contributed by atoms with Crippen LogP contribution in [-0.2, 0) is 19.0 Å². The third-order valence-corrected chi connectivity index (χ3v) is 4.32. The van der Waals surface area contributed by atoms with E-state index in [-0.39, 0.29) is 23.3 Å². The van der Waals surface area contributed by atoms with Crippen molar-refractivity contribution in [3.8, 4) is 0 Å². The molecule has 3 aliphatic rings. The average molecular weight is 361 g/mol. The molecule has 3 rings (SSSR count). The van der Waals surface area contributed by atoms with Crippen molar-refractivity contribution in [2.45, 2.75) is 25.0 Å². The second-order valence-corrected chi connectivity index (χ2v) is 6.11. The van der Waals surface area contributed by atoms with Crippen LogP contribution in [0.2, 0.25) is 6.32 Å². The van der Waals surface area contributed by atoms with Crippen molar-refractivity contribution in [2.75, 3.05) is 13.1 Å². The fraction of sp³-hybridized carbons (Fsp3) is 0.375. The van der Waals surface area contributed by atoms with Gasteiger partial charge in [-0.25, -0.2) is 4.79 Å². The van der Waals surface area contributed by atoms with Gasteiger partial charge in [-0.1, -0.05) is 12.7 Å². The summed E-state index contributed by atoms with van der Waals surface area (Å²) in [7, 11) is -1.06. The molecule has 3 aliphatic heterocycles. The molecular weight excluding hydrogens is 341 g/mol. The van der Waals surface area contributed by atoms with Gasteiger partial charge in [0.2, 0.25) is 0 Å². The number of likely N-dealkylation sites (tertiary alicyclic amines) is 1. The van der Waals surface area contributed by atoms with Crippen molar-refractivity contribution in [1.82, 2.24) is 15.5 Å². The Morgan fingerprint density at radius 1 is 1.38 bits per heavy atom. The summed E-state index contributed by atoms with van der Waals surface area (Å²) in [4.78, 5) is 25.3. The first-order valence-corrected chi connectivity index (χ1v) is 8.25. The van der Waals surface area contributed by atoms with Crippen LogP contribution in [0.1, 0.15) is 6.42 Å². The summed E-state index contributed by atoms with van der Waals surface area (Å²) in [6.07, 6.45) is 5.99. The molecule has 0 aromatic rings. The molecule has 0 unspecified atom stereocenters. The van der Waals surface area contributed by atoms with E-state index < -0.39 is 19.3 Å². The third-order valence-electron chi connectivity index (χ3n) is 4.32. The Hall–Kier alpha value is -2.88. The fourth-order valence-corrected chi connectivity index (χ4v) is 2.83. The van der Waals surface area contributed by atoms with Gasteiger partial charge < -0.3 is 35.1 Å². The van der Waals surface area contributed by atoms with Crippen LogP contribution in [-0.4, -0.2) is 59.4 Å². The molecule has 0 bridgehead atoms. The zero-order valence-corrected chi connectivity index (χ0v) is 14.1. The van der Waals surface area contributed by atoms with E-state index >= 15 is 0 Å². The standard InChI is InChI=1S/C16H20BN3O6/c1-2-10-3-4-17(24)26-13(10)12(16(22)23)9-25-11-7-20(8-11)15(21)14-18-5-6-19-14/h2,5-6,9,11,14,18-19,24H,1,3-4,7-8H2,(H,22,23)/b12-9-. The zero-order valence-electron chi connectivity index (χ0n) is 14.1. The zero-order chi connectivity index (χ0) is 18.7. The molecule has 0 aliphatic carbocycles. The van der Waals surface area contributed by atoms with Gasteiger partial charge in [-0.05, 0) is 18.3 Å². The number of carbonyl (C=O) groups is 2. The quantitative estimate of drug-likeness (QED) is 0.284. The summed E-state index contributed by atoms with van der Waals surface area (Å²) < 4.78 is 10.8. The summed E-state index contributed by atoms with van der Waals surface area (Å²) in [5.41, 5.74) is 0.413. The number of amides is 1. The van der Waals surface area contributed by atoms with Gasteiger partial charge in [-0.2, -0.15) is 0 Å². The molecule has 0 atom stereocenters. The largest absolute Gasteiger partial charge is 0.535 e. The van der Waals surface area contributed by atoms with E-state index in [1.54, 1.807) is 17.3 Å². The van der Waals surface area contributed by atoms with E-state index in [9.17, 15) is 19.7 Å². The Morgan fingerprint density at radius 2 is 2.08 bits per heavy atom. The first-order chi connectivity index (χ1) is 12.5. The minimum atomic E-state index is -1.23. The number of nitrogens with one attached hydrogen (secondary N) is 2. The summed E-state index contributed by atoms with van der Waals surface area (Å²) in [6, 6.07) is 0. The van der Waals surface area contributed by atoms with Crippen LogP contribution < -0.4 is 10.6 Å². The van der Waals surface area contributed by atoms with Gasteiger partial charge in [0.05, 0.1) is 13.1 Å². The molecule has 0 radical (unpaired) electrons. The number of hydrogen-bond acceptors (Lipinski definition) is 7. The molecule has 138 valence electrons. The number of aliphatic carboxylic acids is 1. The SMILES string of the molecule is C=CC1=C(/C(=C/OC2CN(C(=O)C3NC=CN3)C2)C(=O)O)OB(O)CC1. The minimum absolute atomic E-state index is 0.0592. The van der Waals surface area contributed by atoms with E-state index in [0.29, 0.717) is 31.4 Å². The van der Waals surface area contributed by atoms with E-state index in [1.807, 2.05) is 0 Å². The number of carbonyl (C=O) groups excluding carboxylic acids is 1. The van der Waals surface area contributed by atoms with Crippen LogP contribution in [0, 0.1) is 0 Å². The molecular formula is C16H20BN3O6. The predicted molar refractivity (Wildman–Crippen MR) is 92.1 cm³/mol. The highest BCUT2D eigenvalue weighted by molar-refractivity contribution is 6.43. The molecule has 0 saturated carbocycles. The van der Waals surface area contributed by atoms with Crippen molar-refractivity contribution in [2.24, 2.45) is 0 Å². The molecule has 0 aromatic heterocycles. The van der Waals surface area contributed by atoms with Crippen LogP contribution in [0.15, 0.2) is 48.2 Å². The number of nitrogens with zero attached hydrogens (tertiary/aromatic N) is 1. The Bertz CT molecular complexity index is 690. The molecule has 1 saturated heterocycles. The van der Waals surface area contributed by atoms with E-state index in [1.165, 1.54) is 6.08 Å². The van der Waals surface area contributed by atoms with Crippen molar-refractivity contribution >= 4 is 19.0 Å². The monoisotopic (exact) mass is 361 g/mol. The predicted octanol–water partition coefficient (Wildman–Crippen LogP) is -0.487. The van der Waals surface area contributed by atoms with Gasteiger partial charge in [-0.15, -0.1) is 0 Å². The normalized spacial score (nSPS) is 20.9. The molecule has 4 N–H and O–H groups in total. The Kier molecular flexibility index (Phi) is 5.22. The Morgan fingerprint density at radius 3 is 2.69 bits per heavy atom. The molecule has 10 heteroatoms. The summed E-state index contributed by atoms with van der Waals surface area (Å²) in [5, 5.41) is 24.8. The smallest absolute Gasteiger partial charge is 0.522 e. The first kappa shape index (κ1) is 17.9. The lowest BCUT2D eigenvalue weighted by Crippen LogP contribution is -2.60. The third kappa shape index (κ3) is 3.69. The maximum atomic E-state index is 12.1. The summed E-state index contributed by atoms with van der Waals surface area (Å²) >= 11 is 0. The minimum Gasteiger partial charge on any atom is -0.535 e. The summed E-state index contributed by atoms with van der Waals surface area (Å²) in [6.45, 7) is 4.37. The van der Waals surface area contributed by atoms with Gasteiger partial charge in [0, 0.05) is 12.4 Å². The van der Waals surface area contributed by atoms with Gasteiger partial charge in [0.15, 0.2) is 6.17 Å². The number of hydrogen-bond donors (Lipinski definition) is 4. The highest BCUT2D eigenvalue weighted by Crippen LogP contribution is 2.28. The maximum absolute atomic E-state index is 12.1. The van der Waals surface area contributed by atoms with E-state index in [0.717, 1.165) is 6.26 Å². The average Bonchev–Trinajstić information content (AvgIpc) is 3.10. The number of carboxylic acid groups (broad SMARTS) is 1. The van der Waals surface area contributed by atoms with E-state index in [4.69, 9.17) is 9.39 Å². The van der Waals surface area contributed by atoms with Gasteiger partial charge in [0.25, 0.3) is 5.91 Å². The summed E-state index contributed by atoms with van der Waals surface area (Å²) in [5.74, 6) is -1.28. The number of carboxylic acids is 1.